The number of benzene rings is 1. The van der Waals surface area contributed by atoms with Crippen molar-refractivity contribution in [3.05, 3.63) is 48.0 Å². The first kappa shape index (κ1) is 14.6. The standard InChI is InChI=1S/C19H22FN3/c1-23-8-2-3-16(23)9-15-12-22-18-5-4-13(10-17(15)18)14-6-7-21-19(20)11-14/h4-7,10-11,15-16,22H,2-3,8-9,12H2,1H3/t15?,16-/m1/s1. The first-order valence-electron chi connectivity index (χ1n) is 8.41. The van der Waals surface area contributed by atoms with E-state index in [0.717, 1.165) is 17.7 Å². The Balaban J connectivity index is 1.61. The number of hydrogen-bond donors (Lipinski definition) is 1. The molecule has 0 saturated carbocycles. The molecule has 3 heterocycles. The fourth-order valence-electron chi connectivity index (χ4n) is 3.98. The summed E-state index contributed by atoms with van der Waals surface area (Å²) in [6.07, 6.45) is 5.34. The van der Waals surface area contributed by atoms with Crippen molar-refractivity contribution in [3.63, 3.8) is 0 Å². The highest BCUT2D eigenvalue weighted by molar-refractivity contribution is 5.70. The van der Waals surface area contributed by atoms with E-state index in [2.05, 4.69) is 40.4 Å². The van der Waals surface area contributed by atoms with Crippen molar-refractivity contribution in [2.45, 2.75) is 31.2 Å². The van der Waals surface area contributed by atoms with E-state index in [9.17, 15) is 4.39 Å². The van der Waals surface area contributed by atoms with Crippen LogP contribution in [0, 0.1) is 5.95 Å². The Bertz CT molecular complexity index is 716. The minimum atomic E-state index is -0.426. The quantitative estimate of drug-likeness (QED) is 0.872. The van der Waals surface area contributed by atoms with Gasteiger partial charge in [-0.05, 0) is 67.7 Å². The number of aromatic nitrogens is 1. The average molecular weight is 311 g/mol. The van der Waals surface area contributed by atoms with Crippen molar-refractivity contribution in [1.29, 1.82) is 0 Å². The Morgan fingerprint density at radius 2 is 2.13 bits per heavy atom. The molecule has 1 saturated heterocycles. The van der Waals surface area contributed by atoms with E-state index in [4.69, 9.17) is 0 Å². The number of nitrogens with zero attached hydrogens (tertiary/aromatic N) is 2. The van der Waals surface area contributed by atoms with Crippen LogP contribution in [0.2, 0.25) is 0 Å². The molecule has 2 aromatic rings. The van der Waals surface area contributed by atoms with Crippen molar-refractivity contribution in [2.24, 2.45) is 0 Å². The van der Waals surface area contributed by atoms with Gasteiger partial charge >= 0.3 is 0 Å². The highest BCUT2D eigenvalue weighted by atomic mass is 19.1. The predicted octanol–water partition coefficient (Wildman–Crippen LogP) is 3.88. The molecule has 0 radical (unpaired) electrons. The van der Waals surface area contributed by atoms with Crippen LogP contribution in [0.1, 0.15) is 30.7 Å². The maximum Gasteiger partial charge on any atom is 0.213 e. The molecule has 1 unspecified atom stereocenters. The summed E-state index contributed by atoms with van der Waals surface area (Å²) in [5.41, 5.74) is 4.57. The van der Waals surface area contributed by atoms with E-state index >= 15 is 0 Å². The average Bonchev–Trinajstić information content (AvgIpc) is 3.14. The second-order valence-electron chi connectivity index (χ2n) is 6.76. The van der Waals surface area contributed by atoms with Crippen LogP contribution in [0.15, 0.2) is 36.5 Å². The maximum atomic E-state index is 13.4. The minimum absolute atomic E-state index is 0.426. The van der Waals surface area contributed by atoms with Gasteiger partial charge in [-0.15, -0.1) is 0 Å². The Labute approximate surface area is 136 Å². The molecular formula is C19H22FN3. The van der Waals surface area contributed by atoms with Gasteiger partial charge in [0.05, 0.1) is 0 Å². The molecule has 1 N–H and O–H groups in total. The molecule has 0 bridgehead atoms. The summed E-state index contributed by atoms with van der Waals surface area (Å²) in [6, 6.07) is 10.5. The number of likely N-dealkylation sites (tertiary alicyclic amines) is 1. The summed E-state index contributed by atoms with van der Waals surface area (Å²) < 4.78 is 13.4. The number of pyridine rings is 1. The molecule has 1 aromatic carbocycles. The van der Waals surface area contributed by atoms with Gasteiger partial charge in [0.2, 0.25) is 5.95 Å². The molecule has 0 aliphatic carbocycles. The number of anilines is 1. The van der Waals surface area contributed by atoms with Gasteiger partial charge in [-0.2, -0.15) is 4.39 Å². The maximum absolute atomic E-state index is 13.4. The number of hydrogen-bond acceptors (Lipinski definition) is 3. The van der Waals surface area contributed by atoms with Crippen LogP contribution >= 0.6 is 0 Å². The van der Waals surface area contributed by atoms with Crippen molar-refractivity contribution < 1.29 is 4.39 Å². The monoisotopic (exact) mass is 311 g/mol. The summed E-state index contributed by atoms with van der Waals surface area (Å²) in [5.74, 6) is 0.118. The summed E-state index contributed by atoms with van der Waals surface area (Å²) in [7, 11) is 2.23. The second-order valence-corrected chi connectivity index (χ2v) is 6.76. The van der Waals surface area contributed by atoms with E-state index in [1.807, 2.05) is 6.07 Å². The van der Waals surface area contributed by atoms with Gasteiger partial charge in [0, 0.05) is 36.5 Å². The summed E-state index contributed by atoms with van der Waals surface area (Å²) in [5, 5.41) is 3.52. The fraction of sp³-hybridized carbons (Fsp3) is 0.421. The molecule has 2 atom stereocenters. The van der Waals surface area contributed by atoms with Crippen LogP contribution in [-0.4, -0.2) is 36.1 Å². The lowest BCUT2D eigenvalue weighted by molar-refractivity contribution is 0.285. The van der Waals surface area contributed by atoms with Crippen molar-refractivity contribution in [2.75, 3.05) is 25.5 Å². The van der Waals surface area contributed by atoms with E-state index in [1.54, 1.807) is 0 Å². The smallest absolute Gasteiger partial charge is 0.213 e. The van der Waals surface area contributed by atoms with E-state index in [0.29, 0.717) is 12.0 Å². The molecule has 0 amide bonds. The first-order valence-corrected chi connectivity index (χ1v) is 8.41. The minimum Gasteiger partial charge on any atom is -0.384 e. The summed E-state index contributed by atoms with van der Waals surface area (Å²) in [6.45, 7) is 2.22. The van der Waals surface area contributed by atoms with Crippen LogP contribution in [0.25, 0.3) is 11.1 Å². The topological polar surface area (TPSA) is 28.2 Å². The number of rotatable bonds is 3. The van der Waals surface area contributed by atoms with E-state index in [1.165, 1.54) is 49.3 Å². The molecule has 4 rings (SSSR count). The van der Waals surface area contributed by atoms with Gasteiger partial charge in [-0.1, -0.05) is 6.07 Å². The lowest BCUT2D eigenvalue weighted by Crippen LogP contribution is -2.27. The van der Waals surface area contributed by atoms with Crippen LogP contribution in [0.3, 0.4) is 0 Å². The second kappa shape index (κ2) is 5.93. The van der Waals surface area contributed by atoms with Gasteiger partial charge in [0.1, 0.15) is 0 Å². The Morgan fingerprint density at radius 3 is 2.91 bits per heavy atom. The third kappa shape index (κ3) is 2.83. The molecule has 2 aliphatic heterocycles. The molecule has 3 nitrogen and oxygen atoms in total. The van der Waals surface area contributed by atoms with Crippen molar-refractivity contribution in [1.82, 2.24) is 9.88 Å². The normalized spacial score (nSPS) is 23.7. The zero-order valence-corrected chi connectivity index (χ0v) is 13.4. The SMILES string of the molecule is CN1CCC[C@@H]1CC1CNc2ccc(-c3ccnc(F)c3)cc21. The lowest BCUT2D eigenvalue weighted by atomic mass is 9.91. The molecule has 0 spiro atoms. The molecule has 2 aliphatic rings. The van der Waals surface area contributed by atoms with Crippen LogP contribution in [0.4, 0.5) is 10.1 Å². The lowest BCUT2D eigenvalue weighted by Gasteiger charge is -2.23. The Kier molecular flexibility index (Phi) is 3.77. The molecule has 1 aromatic heterocycles. The van der Waals surface area contributed by atoms with E-state index < -0.39 is 5.95 Å². The van der Waals surface area contributed by atoms with Gasteiger partial charge < -0.3 is 10.2 Å². The van der Waals surface area contributed by atoms with Crippen molar-refractivity contribution >= 4 is 5.69 Å². The highest BCUT2D eigenvalue weighted by Crippen LogP contribution is 2.39. The zero-order chi connectivity index (χ0) is 15.8. The van der Waals surface area contributed by atoms with Crippen LogP contribution < -0.4 is 5.32 Å². The molecule has 120 valence electrons. The van der Waals surface area contributed by atoms with E-state index in [-0.39, 0.29) is 0 Å². The molecule has 4 heteroatoms. The van der Waals surface area contributed by atoms with Gasteiger partial charge in [-0.25, -0.2) is 4.98 Å². The highest BCUT2D eigenvalue weighted by Gasteiger charge is 2.29. The number of nitrogens with one attached hydrogen (secondary N) is 1. The largest absolute Gasteiger partial charge is 0.384 e. The number of halogens is 1. The summed E-state index contributed by atoms with van der Waals surface area (Å²) in [4.78, 5) is 6.13. The van der Waals surface area contributed by atoms with Crippen LogP contribution in [0.5, 0.6) is 0 Å². The van der Waals surface area contributed by atoms with Crippen LogP contribution in [-0.2, 0) is 0 Å². The van der Waals surface area contributed by atoms with Crippen molar-refractivity contribution in [3.8, 4) is 11.1 Å². The molecule has 23 heavy (non-hydrogen) atoms. The third-order valence-electron chi connectivity index (χ3n) is 5.32. The van der Waals surface area contributed by atoms with Gasteiger partial charge in [0.15, 0.2) is 0 Å². The first-order chi connectivity index (χ1) is 11.2. The number of fused-ring (bicyclic) bond motifs is 1. The Morgan fingerprint density at radius 1 is 1.26 bits per heavy atom. The Hall–Kier alpha value is -1.94. The third-order valence-corrected chi connectivity index (χ3v) is 5.32. The molecular weight excluding hydrogens is 289 g/mol. The van der Waals surface area contributed by atoms with Gasteiger partial charge in [0.25, 0.3) is 0 Å². The zero-order valence-electron chi connectivity index (χ0n) is 13.4. The fourth-order valence-corrected chi connectivity index (χ4v) is 3.98. The van der Waals surface area contributed by atoms with Gasteiger partial charge in [-0.3, -0.25) is 0 Å². The molecule has 1 fully saturated rings. The summed E-state index contributed by atoms with van der Waals surface area (Å²) >= 11 is 0. The predicted molar refractivity (Wildman–Crippen MR) is 91.1 cm³/mol.